The molecule has 3 atom stereocenters. The quantitative estimate of drug-likeness (QED) is 0.831. The molecule has 0 bridgehead atoms. The lowest BCUT2D eigenvalue weighted by Crippen LogP contribution is -2.68. The van der Waals surface area contributed by atoms with Gasteiger partial charge in [0.15, 0.2) is 0 Å². The molecule has 3 heterocycles. The molecule has 1 N–H and O–H groups in total. The van der Waals surface area contributed by atoms with Gasteiger partial charge in [0.25, 0.3) is 0 Å². The SMILES string of the molecule is C/C=C/c1ccc([C@@H]2[C@@H](CO)N3CCCCN(C(=O)Cc4ccncc4)C[C@@H]23)cc1. The molecule has 0 aliphatic carbocycles. The second kappa shape index (κ2) is 9.54. The number of aromatic nitrogens is 1. The Kier molecular flexibility index (Phi) is 6.60. The fourth-order valence-electron chi connectivity index (χ4n) is 4.98. The number of hydrogen-bond acceptors (Lipinski definition) is 4. The van der Waals surface area contributed by atoms with Crippen LogP contribution < -0.4 is 0 Å². The van der Waals surface area contributed by atoms with Crippen LogP contribution in [0.1, 0.15) is 42.4 Å². The van der Waals surface area contributed by atoms with Gasteiger partial charge in [0.1, 0.15) is 0 Å². The maximum absolute atomic E-state index is 13.0. The first-order chi connectivity index (χ1) is 14.7. The Bertz CT molecular complexity index is 866. The van der Waals surface area contributed by atoms with Gasteiger partial charge in [0.05, 0.1) is 13.0 Å². The number of benzene rings is 1. The van der Waals surface area contributed by atoms with Crippen LogP contribution in [0.15, 0.2) is 54.9 Å². The molecule has 5 heteroatoms. The summed E-state index contributed by atoms with van der Waals surface area (Å²) in [6.07, 6.45) is 10.1. The topological polar surface area (TPSA) is 56.7 Å². The lowest BCUT2D eigenvalue weighted by Gasteiger charge is -2.57. The first-order valence-corrected chi connectivity index (χ1v) is 11.0. The second-order valence-corrected chi connectivity index (χ2v) is 8.33. The average Bonchev–Trinajstić information content (AvgIpc) is 2.74. The van der Waals surface area contributed by atoms with Crippen LogP contribution in [0.25, 0.3) is 6.08 Å². The van der Waals surface area contributed by atoms with Gasteiger partial charge in [0, 0.05) is 43.5 Å². The molecule has 2 aromatic rings. The van der Waals surface area contributed by atoms with Crippen LogP contribution in [-0.4, -0.2) is 64.1 Å². The number of carbonyl (C=O) groups is 1. The smallest absolute Gasteiger partial charge is 0.227 e. The van der Waals surface area contributed by atoms with Gasteiger partial charge in [-0.25, -0.2) is 0 Å². The molecule has 5 nitrogen and oxygen atoms in total. The van der Waals surface area contributed by atoms with Crippen molar-refractivity contribution >= 4 is 12.0 Å². The molecular weight excluding hydrogens is 374 g/mol. The van der Waals surface area contributed by atoms with E-state index in [0.717, 1.165) is 38.0 Å². The Balaban J connectivity index is 1.52. The van der Waals surface area contributed by atoms with Crippen LogP contribution >= 0.6 is 0 Å². The Hall–Kier alpha value is -2.50. The Labute approximate surface area is 179 Å². The second-order valence-electron chi connectivity index (χ2n) is 8.33. The lowest BCUT2D eigenvalue weighted by molar-refractivity contribution is -0.135. The first-order valence-electron chi connectivity index (χ1n) is 11.0. The molecule has 2 fully saturated rings. The number of rotatable bonds is 5. The molecule has 2 saturated heterocycles. The number of pyridine rings is 1. The van der Waals surface area contributed by atoms with E-state index in [1.165, 1.54) is 11.1 Å². The molecule has 1 aromatic carbocycles. The molecule has 1 aromatic heterocycles. The summed E-state index contributed by atoms with van der Waals surface area (Å²) >= 11 is 0. The minimum absolute atomic E-state index is 0.137. The maximum atomic E-state index is 13.0. The summed E-state index contributed by atoms with van der Waals surface area (Å²) in [5, 5.41) is 10.1. The number of aliphatic hydroxyl groups excluding tert-OH is 1. The third kappa shape index (κ3) is 4.32. The summed E-state index contributed by atoms with van der Waals surface area (Å²) in [7, 11) is 0. The van der Waals surface area contributed by atoms with E-state index in [9.17, 15) is 9.90 Å². The highest BCUT2D eigenvalue weighted by atomic mass is 16.3. The number of carbonyl (C=O) groups excluding carboxylic acids is 1. The molecule has 0 spiro atoms. The van der Waals surface area contributed by atoms with Crippen LogP contribution in [0.2, 0.25) is 0 Å². The zero-order valence-corrected chi connectivity index (χ0v) is 17.7. The van der Waals surface area contributed by atoms with Crippen molar-refractivity contribution in [1.29, 1.82) is 0 Å². The van der Waals surface area contributed by atoms with Crippen molar-refractivity contribution < 1.29 is 9.90 Å². The minimum atomic E-state index is 0.137. The maximum Gasteiger partial charge on any atom is 0.227 e. The van der Waals surface area contributed by atoms with Crippen LogP contribution in [-0.2, 0) is 11.2 Å². The molecule has 4 rings (SSSR count). The highest BCUT2D eigenvalue weighted by molar-refractivity contribution is 5.78. The normalized spacial score (nSPS) is 24.7. The number of aliphatic hydroxyl groups is 1. The van der Waals surface area contributed by atoms with Gasteiger partial charge in [-0.05, 0) is 55.1 Å². The summed E-state index contributed by atoms with van der Waals surface area (Å²) in [6.45, 7) is 4.70. The van der Waals surface area contributed by atoms with Gasteiger partial charge < -0.3 is 10.0 Å². The Morgan fingerprint density at radius 2 is 1.87 bits per heavy atom. The molecule has 0 unspecified atom stereocenters. The van der Waals surface area contributed by atoms with E-state index < -0.39 is 0 Å². The van der Waals surface area contributed by atoms with Gasteiger partial charge in [-0.2, -0.15) is 0 Å². The van der Waals surface area contributed by atoms with E-state index in [0.29, 0.717) is 6.42 Å². The van der Waals surface area contributed by atoms with E-state index in [4.69, 9.17) is 0 Å². The third-order valence-corrected chi connectivity index (χ3v) is 6.51. The summed E-state index contributed by atoms with van der Waals surface area (Å²) in [5.41, 5.74) is 3.45. The van der Waals surface area contributed by atoms with Crippen LogP contribution in [0.4, 0.5) is 0 Å². The molecule has 1 amide bonds. The molecular formula is C25H31N3O2. The number of amides is 1. The molecule has 2 aliphatic heterocycles. The molecule has 0 radical (unpaired) electrons. The predicted molar refractivity (Wildman–Crippen MR) is 119 cm³/mol. The zero-order valence-electron chi connectivity index (χ0n) is 17.7. The summed E-state index contributed by atoms with van der Waals surface area (Å²) < 4.78 is 0. The van der Waals surface area contributed by atoms with Gasteiger partial charge in [-0.3, -0.25) is 14.7 Å². The summed E-state index contributed by atoms with van der Waals surface area (Å²) in [5.74, 6) is 0.432. The van der Waals surface area contributed by atoms with Crippen LogP contribution in [0.3, 0.4) is 0 Å². The lowest BCUT2D eigenvalue weighted by atomic mass is 9.74. The van der Waals surface area contributed by atoms with Crippen molar-refractivity contribution in [3.05, 3.63) is 71.6 Å². The van der Waals surface area contributed by atoms with Crippen LogP contribution in [0.5, 0.6) is 0 Å². The largest absolute Gasteiger partial charge is 0.395 e. The average molecular weight is 406 g/mol. The summed E-state index contributed by atoms with van der Waals surface area (Å²) in [6, 6.07) is 12.9. The van der Waals surface area contributed by atoms with Gasteiger partial charge in [-0.1, -0.05) is 36.4 Å². The number of fused-ring (bicyclic) bond motifs is 1. The van der Waals surface area contributed by atoms with Crippen molar-refractivity contribution in [3.63, 3.8) is 0 Å². The zero-order chi connectivity index (χ0) is 20.9. The third-order valence-electron chi connectivity index (χ3n) is 6.51. The van der Waals surface area contributed by atoms with E-state index >= 15 is 0 Å². The Morgan fingerprint density at radius 3 is 2.57 bits per heavy atom. The van der Waals surface area contributed by atoms with Crippen molar-refractivity contribution in [1.82, 2.24) is 14.8 Å². The highest BCUT2D eigenvalue weighted by Gasteiger charge is 2.49. The minimum Gasteiger partial charge on any atom is -0.395 e. The standard InChI is InChI=1S/C25H31N3O2/c1-2-5-19-6-8-21(9-7-19)25-22-17-27(14-3-4-15-28(22)23(25)18-29)24(30)16-20-10-12-26-13-11-20/h2,5-13,22-23,25,29H,3-4,14-18H2,1H3/b5-2+/t22-,23+,25-/m0/s1. The molecule has 0 saturated carbocycles. The monoisotopic (exact) mass is 405 g/mol. The predicted octanol–water partition coefficient (Wildman–Crippen LogP) is 3.11. The van der Waals surface area contributed by atoms with Crippen molar-refractivity contribution in [2.75, 3.05) is 26.2 Å². The van der Waals surface area contributed by atoms with E-state index in [2.05, 4.69) is 40.2 Å². The fourth-order valence-corrected chi connectivity index (χ4v) is 4.98. The highest BCUT2D eigenvalue weighted by Crippen LogP contribution is 2.42. The van der Waals surface area contributed by atoms with E-state index in [1.54, 1.807) is 12.4 Å². The summed E-state index contributed by atoms with van der Waals surface area (Å²) in [4.78, 5) is 21.5. The molecule has 158 valence electrons. The molecule has 2 aliphatic rings. The first kappa shape index (κ1) is 20.8. The Morgan fingerprint density at radius 1 is 1.13 bits per heavy atom. The van der Waals surface area contributed by atoms with E-state index in [-0.39, 0.29) is 30.5 Å². The number of allylic oxidation sites excluding steroid dienone is 1. The van der Waals surface area contributed by atoms with Gasteiger partial charge in [0.2, 0.25) is 5.91 Å². The van der Waals surface area contributed by atoms with Crippen molar-refractivity contribution in [2.24, 2.45) is 0 Å². The van der Waals surface area contributed by atoms with Crippen LogP contribution in [0, 0.1) is 0 Å². The fraction of sp³-hybridized carbons (Fsp3) is 0.440. The van der Waals surface area contributed by atoms with Crippen molar-refractivity contribution in [2.45, 2.75) is 44.2 Å². The van der Waals surface area contributed by atoms with Crippen molar-refractivity contribution in [3.8, 4) is 0 Å². The number of nitrogens with zero attached hydrogens (tertiary/aromatic N) is 3. The van der Waals surface area contributed by atoms with Gasteiger partial charge >= 0.3 is 0 Å². The molecule has 30 heavy (non-hydrogen) atoms. The number of hydrogen-bond donors (Lipinski definition) is 1. The van der Waals surface area contributed by atoms with Gasteiger partial charge in [-0.15, -0.1) is 0 Å². The van der Waals surface area contributed by atoms with E-state index in [1.807, 2.05) is 30.0 Å².